The fourth-order valence-corrected chi connectivity index (χ4v) is 3.76. The summed E-state index contributed by atoms with van der Waals surface area (Å²) < 4.78 is 25.3. The number of anilines is 1. The van der Waals surface area contributed by atoms with Crippen LogP contribution >= 0.6 is 0 Å². The molecule has 2 aromatic carbocycles. The van der Waals surface area contributed by atoms with Crippen molar-refractivity contribution in [1.29, 1.82) is 0 Å². The minimum absolute atomic E-state index is 0.608. The number of ether oxygens (including phenoxy) is 2. The third-order valence-corrected chi connectivity index (χ3v) is 5.04. The topological polar surface area (TPSA) is 54.4 Å². The predicted octanol–water partition coefficient (Wildman–Crippen LogP) is 2.80. The van der Waals surface area contributed by atoms with Gasteiger partial charge in [-0.2, -0.15) is 0 Å². The third kappa shape index (κ3) is 2.82. The maximum absolute atomic E-state index is 13.2. The summed E-state index contributed by atoms with van der Waals surface area (Å²) in [4.78, 5) is 7.12. The first kappa shape index (κ1) is 16.3. The van der Waals surface area contributed by atoms with Crippen molar-refractivity contribution < 1.29 is 13.7 Å². The Labute approximate surface area is 143 Å². The second kappa shape index (κ2) is 6.52. The molecule has 3 rings (SSSR count). The molecule has 7 heteroatoms. The van der Waals surface area contributed by atoms with E-state index in [2.05, 4.69) is 4.99 Å². The van der Waals surface area contributed by atoms with Crippen LogP contribution in [0.25, 0.3) is 0 Å². The number of hydrogen-bond acceptors (Lipinski definition) is 5. The van der Waals surface area contributed by atoms with Gasteiger partial charge < -0.3 is 14.4 Å². The highest BCUT2D eigenvalue weighted by Crippen LogP contribution is 2.36. The van der Waals surface area contributed by atoms with Crippen LogP contribution in [0.15, 0.2) is 52.4 Å². The van der Waals surface area contributed by atoms with Gasteiger partial charge in [0.1, 0.15) is 11.5 Å². The molecule has 0 N–H and O–H groups in total. The molecule has 24 heavy (non-hydrogen) atoms. The Bertz CT molecular complexity index is 803. The van der Waals surface area contributed by atoms with E-state index in [-0.39, 0.29) is 0 Å². The molecule has 0 radical (unpaired) electrons. The normalized spacial score (nSPS) is 16.2. The van der Waals surface area contributed by atoms with E-state index in [1.807, 2.05) is 55.4 Å². The van der Waals surface area contributed by atoms with Gasteiger partial charge in [0.15, 0.2) is 11.0 Å². The number of nitrogens with zero attached hydrogens (tertiary/aromatic N) is 3. The van der Waals surface area contributed by atoms with Gasteiger partial charge in [-0.1, -0.05) is 0 Å². The number of rotatable bonds is 3. The second-order valence-corrected chi connectivity index (χ2v) is 6.68. The highest BCUT2D eigenvalue weighted by Gasteiger charge is 2.30. The van der Waals surface area contributed by atoms with Crippen molar-refractivity contribution in [2.24, 2.45) is 4.99 Å². The highest BCUT2D eigenvalue weighted by atomic mass is 32.2. The zero-order valence-electron chi connectivity index (χ0n) is 14.0. The van der Waals surface area contributed by atoms with E-state index >= 15 is 0 Å². The summed E-state index contributed by atoms with van der Waals surface area (Å²) in [5, 5.41) is 0. The van der Waals surface area contributed by atoms with Gasteiger partial charge in [-0.05, 0) is 36.4 Å². The highest BCUT2D eigenvalue weighted by molar-refractivity contribution is 7.87. The number of hydrogen-bond donors (Lipinski definition) is 0. The molecule has 0 saturated heterocycles. The summed E-state index contributed by atoms with van der Waals surface area (Å²) in [6.07, 6.45) is 0. The van der Waals surface area contributed by atoms with Gasteiger partial charge in [-0.3, -0.25) is 0 Å². The lowest BCUT2D eigenvalue weighted by atomic mass is 10.3. The smallest absolute Gasteiger partial charge is 0.218 e. The van der Waals surface area contributed by atoms with E-state index < -0.39 is 11.0 Å². The minimum atomic E-state index is -1.43. The number of fused-ring (bicyclic) bond motifs is 1. The molecule has 0 amide bonds. The average Bonchev–Trinajstić information content (AvgIpc) is 2.61. The van der Waals surface area contributed by atoms with E-state index in [0.29, 0.717) is 22.3 Å². The molecule has 126 valence electrons. The van der Waals surface area contributed by atoms with Gasteiger partial charge in [0.25, 0.3) is 0 Å². The zero-order chi connectivity index (χ0) is 17.3. The quantitative estimate of drug-likeness (QED) is 0.858. The van der Waals surface area contributed by atoms with Crippen LogP contribution < -0.4 is 13.8 Å². The van der Waals surface area contributed by atoms with Crippen molar-refractivity contribution in [1.82, 2.24) is 4.90 Å². The molecule has 0 spiro atoms. The van der Waals surface area contributed by atoms with Crippen LogP contribution in [0, 0.1) is 0 Å². The lowest BCUT2D eigenvalue weighted by Gasteiger charge is -2.32. The first-order valence-electron chi connectivity index (χ1n) is 7.35. The fourth-order valence-electron chi connectivity index (χ4n) is 2.39. The van der Waals surface area contributed by atoms with E-state index in [9.17, 15) is 4.21 Å². The van der Waals surface area contributed by atoms with Crippen molar-refractivity contribution in [3.8, 4) is 11.5 Å². The van der Waals surface area contributed by atoms with Crippen LogP contribution in [-0.4, -0.2) is 43.4 Å². The number of aliphatic imine (C=N–C) groups is 1. The van der Waals surface area contributed by atoms with Gasteiger partial charge in [0, 0.05) is 20.2 Å². The first-order valence-corrected chi connectivity index (χ1v) is 8.46. The number of benzene rings is 2. The van der Waals surface area contributed by atoms with E-state index in [1.165, 1.54) is 0 Å². The van der Waals surface area contributed by atoms with Gasteiger partial charge in [0.05, 0.1) is 30.5 Å². The van der Waals surface area contributed by atoms with Crippen LogP contribution in [0.1, 0.15) is 0 Å². The van der Waals surface area contributed by atoms with E-state index in [4.69, 9.17) is 9.47 Å². The third-order valence-electron chi connectivity index (χ3n) is 3.63. The summed E-state index contributed by atoms with van der Waals surface area (Å²) in [6.45, 7) is 0. The van der Waals surface area contributed by atoms with Crippen LogP contribution in [-0.2, 0) is 11.0 Å². The summed E-state index contributed by atoms with van der Waals surface area (Å²) in [7, 11) is 5.52. The summed E-state index contributed by atoms with van der Waals surface area (Å²) in [5.74, 6) is 2.00. The molecule has 1 atom stereocenters. The molecule has 2 aromatic rings. The summed E-state index contributed by atoms with van der Waals surface area (Å²) >= 11 is 0. The monoisotopic (exact) mass is 345 g/mol. The van der Waals surface area contributed by atoms with Crippen LogP contribution in [0.5, 0.6) is 11.5 Å². The SMILES string of the molecule is COc1ccc(N2C(N(C)C)=Nc3ccc(OC)cc3S2=O)cc1. The van der Waals surface area contributed by atoms with Gasteiger partial charge in [-0.25, -0.2) is 13.5 Å². The minimum Gasteiger partial charge on any atom is -0.497 e. The van der Waals surface area contributed by atoms with E-state index in [0.717, 1.165) is 11.4 Å². The lowest BCUT2D eigenvalue weighted by molar-refractivity contribution is 0.413. The molecule has 6 nitrogen and oxygen atoms in total. The number of guanidine groups is 1. The molecule has 1 heterocycles. The Kier molecular flexibility index (Phi) is 4.44. The largest absolute Gasteiger partial charge is 0.497 e. The Morgan fingerprint density at radius 3 is 2.21 bits per heavy atom. The maximum atomic E-state index is 13.2. The van der Waals surface area contributed by atoms with Gasteiger partial charge in [-0.15, -0.1) is 0 Å². The second-order valence-electron chi connectivity index (χ2n) is 5.38. The van der Waals surface area contributed by atoms with Crippen molar-refractivity contribution >= 4 is 28.3 Å². The van der Waals surface area contributed by atoms with Crippen LogP contribution in [0.3, 0.4) is 0 Å². The summed E-state index contributed by atoms with van der Waals surface area (Å²) in [5.41, 5.74) is 1.46. The first-order chi connectivity index (χ1) is 11.5. The maximum Gasteiger partial charge on any atom is 0.218 e. The molecule has 0 fully saturated rings. The van der Waals surface area contributed by atoms with E-state index in [1.54, 1.807) is 24.6 Å². The molecule has 1 unspecified atom stereocenters. The van der Waals surface area contributed by atoms with Gasteiger partial charge >= 0.3 is 0 Å². The average molecular weight is 345 g/mol. The zero-order valence-corrected chi connectivity index (χ0v) is 14.8. The Morgan fingerprint density at radius 1 is 1.00 bits per heavy atom. The van der Waals surface area contributed by atoms with Crippen LogP contribution in [0.2, 0.25) is 0 Å². The van der Waals surface area contributed by atoms with Crippen molar-refractivity contribution in [2.45, 2.75) is 4.90 Å². The molecule has 0 aromatic heterocycles. The van der Waals surface area contributed by atoms with Crippen molar-refractivity contribution in [3.63, 3.8) is 0 Å². The molecular weight excluding hydrogens is 326 g/mol. The summed E-state index contributed by atoms with van der Waals surface area (Å²) in [6, 6.07) is 12.8. The molecule has 1 aliphatic rings. The molecule has 0 saturated carbocycles. The standard InChI is InChI=1S/C17H19N3O3S/c1-19(2)17-18-15-10-9-14(23-4)11-16(15)24(21)20(17)12-5-7-13(22-3)8-6-12/h5-11H,1-4H3. The molecule has 1 aliphatic heterocycles. The molecular formula is C17H19N3O3S. The predicted molar refractivity (Wildman–Crippen MR) is 95.7 cm³/mol. The Balaban J connectivity index is 2.11. The Morgan fingerprint density at radius 2 is 1.62 bits per heavy atom. The van der Waals surface area contributed by atoms with Crippen LogP contribution in [0.4, 0.5) is 11.4 Å². The van der Waals surface area contributed by atoms with Crippen molar-refractivity contribution in [2.75, 3.05) is 32.6 Å². The Hall–Kier alpha value is -2.54. The molecule has 0 aliphatic carbocycles. The van der Waals surface area contributed by atoms with Crippen molar-refractivity contribution in [3.05, 3.63) is 42.5 Å². The number of methoxy groups -OCH3 is 2. The lowest BCUT2D eigenvalue weighted by Crippen LogP contribution is -2.43. The molecule has 0 bridgehead atoms. The fraction of sp³-hybridized carbons (Fsp3) is 0.235. The van der Waals surface area contributed by atoms with Gasteiger partial charge in [0.2, 0.25) is 5.96 Å².